The molecule has 0 amide bonds. The minimum atomic E-state index is -0.710. The molecule has 8 heteroatoms. The molecule has 0 unspecified atom stereocenters. The van der Waals surface area contributed by atoms with Gasteiger partial charge in [-0.05, 0) is 93.9 Å². The highest BCUT2D eigenvalue weighted by atomic mass is 16.3. The Morgan fingerprint density at radius 3 is 1.07 bits per heavy atom. The Labute approximate surface area is 266 Å². The van der Waals surface area contributed by atoms with Gasteiger partial charge in [-0.25, -0.2) is 0 Å². The van der Waals surface area contributed by atoms with Crippen LogP contribution in [0.25, 0.3) is 0 Å². The highest BCUT2D eigenvalue weighted by Gasteiger charge is 2.30. The van der Waals surface area contributed by atoms with E-state index in [0.717, 1.165) is 50.7 Å². The first-order chi connectivity index (χ1) is 21.0. The van der Waals surface area contributed by atoms with Gasteiger partial charge in [-0.2, -0.15) is 0 Å². The van der Waals surface area contributed by atoms with E-state index in [2.05, 4.69) is 12.2 Å². The Bertz CT molecular complexity index is 1460. The molecule has 45 heavy (non-hydrogen) atoms. The first kappa shape index (κ1) is 36.7. The van der Waals surface area contributed by atoms with Crippen LogP contribution in [0.5, 0.6) is 34.5 Å². The van der Waals surface area contributed by atoms with Gasteiger partial charge in [0.15, 0.2) is 11.6 Å². The maximum absolute atomic E-state index is 12.5. The van der Waals surface area contributed by atoms with Crippen LogP contribution in [0.15, 0.2) is 46.6 Å². The van der Waals surface area contributed by atoms with Gasteiger partial charge in [0.25, 0.3) is 0 Å². The molecule has 0 aliphatic carbocycles. The fraction of sp³-hybridized carbons (Fsp3) is 0.405. The van der Waals surface area contributed by atoms with E-state index in [1.165, 1.54) is 11.1 Å². The van der Waals surface area contributed by atoms with E-state index in [1.54, 1.807) is 0 Å². The van der Waals surface area contributed by atoms with Gasteiger partial charge >= 0.3 is 0 Å². The molecule has 0 aromatic heterocycles. The number of benzene rings is 2. The number of phenolic OH excluding ortho intramolecular Hbond substituents is 6. The summed E-state index contributed by atoms with van der Waals surface area (Å²) in [6, 6.07) is 0. The second kappa shape index (κ2) is 16.0. The molecular formula is C37H48O8. The van der Waals surface area contributed by atoms with Gasteiger partial charge in [-0.3, -0.25) is 9.59 Å². The second-order valence-corrected chi connectivity index (χ2v) is 12.2. The number of Topliss-reactive ketones (excluding diaryl/α,β-unsaturated/α-hetero) is 2. The van der Waals surface area contributed by atoms with Crippen LogP contribution >= 0.6 is 0 Å². The number of carbonyl (C=O) groups excluding carboxylic acids is 2. The minimum Gasteiger partial charge on any atom is -0.507 e. The fourth-order valence-corrected chi connectivity index (χ4v) is 5.14. The first-order valence-electron chi connectivity index (χ1n) is 15.2. The summed E-state index contributed by atoms with van der Waals surface area (Å²) < 4.78 is 0. The topological polar surface area (TPSA) is 156 Å². The van der Waals surface area contributed by atoms with Crippen LogP contribution in [-0.4, -0.2) is 42.2 Å². The van der Waals surface area contributed by atoms with Gasteiger partial charge in [0.05, 0.1) is 0 Å². The zero-order valence-corrected chi connectivity index (χ0v) is 27.8. The Hall–Kier alpha value is -4.46. The number of carbonyl (C=O) groups is 2. The van der Waals surface area contributed by atoms with Gasteiger partial charge in [0.2, 0.25) is 0 Å². The summed E-state index contributed by atoms with van der Waals surface area (Å²) in [5.41, 5.74) is 3.06. The van der Waals surface area contributed by atoms with E-state index < -0.39 is 63.6 Å². The molecule has 0 bridgehead atoms. The van der Waals surface area contributed by atoms with Crippen molar-refractivity contribution in [2.24, 2.45) is 0 Å². The maximum Gasteiger partial charge on any atom is 0.167 e. The Morgan fingerprint density at radius 1 is 0.467 bits per heavy atom. The number of phenols is 6. The summed E-state index contributed by atoms with van der Waals surface area (Å²) in [5.74, 6) is -4.89. The van der Waals surface area contributed by atoms with Crippen molar-refractivity contribution < 1.29 is 40.2 Å². The van der Waals surface area contributed by atoms with Gasteiger partial charge in [0.1, 0.15) is 45.6 Å². The third-order valence-electron chi connectivity index (χ3n) is 7.78. The van der Waals surface area contributed by atoms with Gasteiger partial charge in [-0.1, -0.05) is 46.6 Å². The number of aromatic hydroxyl groups is 6. The van der Waals surface area contributed by atoms with Crippen LogP contribution in [0.3, 0.4) is 0 Å². The first-order valence-corrected chi connectivity index (χ1v) is 15.2. The van der Waals surface area contributed by atoms with Crippen molar-refractivity contribution in [3.8, 4) is 34.5 Å². The van der Waals surface area contributed by atoms with Crippen LogP contribution < -0.4 is 0 Å². The average Bonchev–Trinajstić information content (AvgIpc) is 2.91. The molecule has 0 spiro atoms. The van der Waals surface area contributed by atoms with E-state index in [4.69, 9.17) is 0 Å². The van der Waals surface area contributed by atoms with E-state index in [1.807, 2.05) is 53.7 Å². The number of allylic oxidation sites excluding steroid dienone is 8. The van der Waals surface area contributed by atoms with Crippen LogP contribution in [0.2, 0.25) is 0 Å². The summed E-state index contributed by atoms with van der Waals surface area (Å²) in [7, 11) is 0. The standard InChI is InChI=1S/C37H48O8/c1-20(2)11-9-13-22(5)15-17-26-32(40)28(36(44)30(24(7)38)34(26)42)19-29-33(41)27(35(43)31(25(8)39)37(29)45)18-16-23(6)14-10-12-21(3)4/h11-12,15-16,40-45H,9-10,13-14,17-19H2,1-8H3/b22-15+,23-16+. The molecule has 6 N–H and O–H groups in total. The van der Waals surface area contributed by atoms with Crippen molar-refractivity contribution in [3.05, 3.63) is 80.0 Å². The quantitative estimate of drug-likeness (QED) is 0.0908. The molecule has 244 valence electrons. The fourth-order valence-electron chi connectivity index (χ4n) is 5.14. The molecule has 2 aromatic carbocycles. The largest absolute Gasteiger partial charge is 0.507 e. The van der Waals surface area contributed by atoms with Gasteiger partial charge < -0.3 is 30.6 Å². The van der Waals surface area contributed by atoms with Crippen LogP contribution in [0.4, 0.5) is 0 Å². The number of hydrogen-bond donors (Lipinski definition) is 6. The van der Waals surface area contributed by atoms with Crippen LogP contribution in [0, 0.1) is 0 Å². The normalized spacial score (nSPS) is 11.8. The van der Waals surface area contributed by atoms with Gasteiger partial charge in [0, 0.05) is 28.7 Å². The van der Waals surface area contributed by atoms with E-state index >= 15 is 0 Å². The lowest BCUT2D eigenvalue weighted by molar-refractivity contribution is 0.0998. The van der Waals surface area contributed by atoms with Crippen LogP contribution in [-0.2, 0) is 19.3 Å². The summed E-state index contributed by atoms with van der Waals surface area (Å²) in [6.07, 6.45) is 10.5. The minimum absolute atomic E-state index is 0.00531. The average molecular weight is 621 g/mol. The molecule has 8 nitrogen and oxygen atoms in total. The van der Waals surface area contributed by atoms with Crippen molar-refractivity contribution in [1.29, 1.82) is 0 Å². The number of hydrogen-bond acceptors (Lipinski definition) is 8. The highest BCUT2D eigenvalue weighted by molar-refractivity contribution is 6.02. The van der Waals surface area contributed by atoms with E-state index in [-0.39, 0.29) is 35.1 Å². The molecule has 0 aliphatic heterocycles. The zero-order valence-electron chi connectivity index (χ0n) is 27.8. The SMILES string of the molecule is CC(=O)c1c(O)c(C/C=C(\C)CCC=C(C)C)c(O)c(Cc2c(O)c(C/C=C(\C)CCC=C(C)C)c(O)c(C(C)=O)c2O)c1O. The smallest absolute Gasteiger partial charge is 0.167 e. The van der Waals surface area contributed by atoms with Gasteiger partial charge in [-0.15, -0.1) is 0 Å². The maximum atomic E-state index is 12.5. The van der Waals surface area contributed by atoms with Crippen LogP contribution in [0.1, 0.15) is 124 Å². The lowest BCUT2D eigenvalue weighted by Crippen LogP contribution is -2.06. The lowest BCUT2D eigenvalue weighted by Gasteiger charge is -2.20. The Morgan fingerprint density at radius 2 is 0.778 bits per heavy atom. The monoisotopic (exact) mass is 620 g/mol. The van der Waals surface area contributed by atoms with Crippen molar-refractivity contribution in [2.75, 3.05) is 0 Å². The molecule has 0 fully saturated rings. The molecule has 0 heterocycles. The lowest BCUT2D eigenvalue weighted by atomic mass is 9.89. The molecule has 0 saturated carbocycles. The van der Waals surface area contributed by atoms with Crippen molar-refractivity contribution in [3.63, 3.8) is 0 Å². The Balaban J connectivity index is 2.70. The predicted octanol–water partition coefficient (Wildman–Crippen LogP) is 8.39. The van der Waals surface area contributed by atoms with E-state index in [0.29, 0.717) is 0 Å². The summed E-state index contributed by atoms with van der Waals surface area (Å²) in [5, 5.41) is 66.6. The summed E-state index contributed by atoms with van der Waals surface area (Å²) >= 11 is 0. The van der Waals surface area contributed by atoms with E-state index in [9.17, 15) is 40.2 Å². The number of ketones is 2. The molecule has 0 atom stereocenters. The molecule has 0 radical (unpaired) electrons. The third-order valence-corrected chi connectivity index (χ3v) is 7.78. The molecule has 2 aromatic rings. The predicted molar refractivity (Wildman–Crippen MR) is 178 cm³/mol. The van der Waals surface area contributed by atoms with Crippen molar-refractivity contribution in [2.45, 2.75) is 100 Å². The summed E-state index contributed by atoms with van der Waals surface area (Å²) in [6.45, 7) is 14.2. The highest BCUT2D eigenvalue weighted by Crippen LogP contribution is 2.48. The zero-order chi connectivity index (χ0) is 34.2. The number of rotatable bonds is 14. The molecule has 2 rings (SSSR count). The second-order valence-electron chi connectivity index (χ2n) is 12.2. The third kappa shape index (κ3) is 9.27. The molecule has 0 aliphatic rings. The Kier molecular flexibility index (Phi) is 13.1. The van der Waals surface area contributed by atoms with Crippen molar-refractivity contribution >= 4 is 11.6 Å². The summed E-state index contributed by atoms with van der Waals surface area (Å²) in [4.78, 5) is 25.1. The molecular weight excluding hydrogens is 572 g/mol. The van der Waals surface area contributed by atoms with Crippen molar-refractivity contribution in [1.82, 2.24) is 0 Å². The molecule has 0 saturated heterocycles.